The molecule has 1 saturated heterocycles. The maximum atomic E-state index is 5.76. The Kier molecular flexibility index (Phi) is 6.05. The van der Waals surface area contributed by atoms with Gasteiger partial charge in [0, 0.05) is 37.9 Å². The minimum atomic E-state index is 0.494. The third-order valence-electron chi connectivity index (χ3n) is 4.94. The summed E-state index contributed by atoms with van der Waals surface area (Å²) in [4.78, 5) is 9.38. The first-order valence-electron chi connectivity index (χ1n) is 9.10. The first kappa shape index (κ1) is 17.2. The first-order valence-corrected chi connectivity index (χ1v) is 9.10. The highest BCUT2D eigenvalue weighted by atomic mass is 16.3. The van der Waals surface area contributed by atoms with E-state index in [1.54, 1.807) is 0 Å². The molecule has 4 nitrogen and oxygen atoms in total. The molecule has 1 unspecified atom stereocenters. The second-order valence-corrected chi connectivity index (χ2v) is 6.97. The van der Waals surface area contributed by atoms with Crippen LogP contribution in [0.3, 0.4) is 0 Å². The van der Waals surface area contributed by atoms with Crippen LogP contribution in [0, 0.1) is 6.92 Å². The minimum absolute atomic E-state index is 0.494. The molecule has 2 aromatic heterocycles. The number of hydrogen-bond acceptors (Lipinski definition) is 4. The Bertz CT molecular complexity index is 610. The van der Waals surface area contributed by atoms with Crippen LogP contribution < -0.4 is 0 Å². The van der Waals surface area contributed by atoms with Crippen LogP contribution >= 0.6 is 0 Å². The number of aryl methyl sites for hydroxylation is 1. The quantitative estimate of drug-likeness (QED) is 0.810. The first-order chi connectivity index (χ1) is 11.7. The highest BCUT2D eigenvalue weighted by Crippen LogP contribution is 2.22. The molecular formula is C20H29N3O. The van der Waals surface area contributed by atoms with Crippen LogP contribution in [-0.4, -0.2) is 47.5 Å². The number of furan rings is 1. The summed E-state index contributed by atoms with van der Waals surface area (Å²) in [5.74, 6) is 2.63. The molecule has 1 aliphatic rings. The van der Waals surface area contributed by atoms with Crippen LogP contribution in [0.4, 0.5) is 0 Å². The van der Waals surface area contributed by atoms with Crippen molar-refractivity contribution < 1.29 is 4.42 Å². The lowest BCUT2D eigenvalue weighted by Crippen LogP contribution is -2.31. The summed E-state index contributed by atoms with van der Waals surface area (Å²) in [5, 5.41) is 0. The molecule has 0 bridgehead atoms. The van der Waals surface area contributed by atoms with E-state index in [4.69, 9.17) is 4.42 Å². The molecule has 2 aromatic rings. The fraction of sp³-hybridized carbons (Fsp3) is 0.550. The van der Waals surface area contributed by atoms with Crippen molar-refractivity contribution >= 4 is 0 Å². The van der Waals surface area contributed by atoms with E-state index in [1.165, 1.54) is 25.1 Å². The molecule has 3 heterocycles. The van der Waals surface area contributed by atoms with Crippen molar-refractivity contribution in [3.63, 3.8) is 0 Å². The maximum Gasteiger partial charge on any atom is 0.107 e. The van der Waals surface area contributed by atoms with Gasteiger partial charge in [-0.05, 0) is 63.2 Å². The van der Waals surface area contributed by atoms with Crippen molar-refractivity contribution in [1.82, 2.24) is 14.8 Å². The van der Waals surface area contributed by atoms with E-state index >= 15 is 0 Å². The van der Waals surface area contributed by atoms with Crippen molar-refractivity contribution in [2.75, 3.05) is 32.7 Å². The van der Waals surface area contributed by atoms with E-state index in [-0.39, 0.29) is 0 Å². The van der Waals surface area contributed by atoms with Crippen LogP contribution in [0.1, 0.15) is 42.8 Å². The third kappa shape index (κ3) is 4.92. The summed E-state index contributed by atoms with van der Waals surface area (Å²) in [6.45, 7) is 11.1. The molecule has 0 saturated carbocycles. The van der Waals surface area contributed by atoms with Crippen LogP contribution in [0.2, 0.25) is 0 Å². The Morgan fingerprint density at radius 1 is 1.12 bits per heavy atom. The summed E-state index contributed by atoms with van der Waals surface area (Å²) in [7, 11) is 0. The smallest absolute Gasteiger partial charge is 0.107 e. The van der Waals surface area contributed by atoms with Gasteiger partial charge in [0.25, 0.3) is 0 Å². The predicted octanol–water partition coefficient (Wildman–Crippen LogP) is 3.68. The Hall–Kier alpha value is -1.65. The monoisotopic (exact) mass is 327 g/mol. The lowest BCUT2D eigenvalue weighted by atomic mass is 10.0. The molecule has 0 radical (unpaired) electrons. The largest absolute Gasteiger partial charge is 0.466 e. The van der Waals surface area contributed by atoms with E-state index in [0.29, 0.717) is 5.92 Å². The van der Waals surface area contributed by atoms with Crippen molar-refractivity contribution in [3.05, 3.63) is 53.7 Å². The van der Waals surface area contributed by atoms with Gasteiger partial charge in [0.2, 0.25) is 0 Å². The molecule has 4 heteroatoms. The summed E-state index contributed by atoms with van der Waals surface area (Å²) in [6, 6.07) is 8.38. The second kappa shape index (κ2) is 8.45. The van der Waals surface area contributed by atoms with Gasteiger partial charge in [-0.2, -0.15) is 0 Å². The van der Waals surface area contributed by atoms with Crippen LogP contribution in [0.15, 0.2) is 41.1 Å². The molecule has 0 aromatic carbocycles. The maximum absolute atomic E-state index is 5.76. The van der Waals surface area contributed by atoms with Gasteiger partial charge in [-0.3, -0.25) is 9.88 Å². The van der Waals surface area contributed by atoms with E-state index in [9.17, 15) is 0 Å². The van der Waals surface area contributed by atoms with Crippen LogP contribution in [0.5, 0.6) is 0 Å². The summed E-state index contributed by atoms with van der Waals surface area (Å²) < 4.78 is 5.76. The summed E-state index contributed by atoms with van der Waals surface area (Å²) in [6.07, 6.45) is 6.23. The van der Waals surface area contributed by atoms with Crippen LogP contribution in [0.25, 0.3) is 0 Å². The average Bonchev–Trinajstić information content (AvgIpc) is 2.91. The van der Waals surface area contributed by atoms with Crippen LogP contribution in [-0.2, 0) is 6.54 Å². The van der Waals surface area contributed by atoms with Gasteiger partial charge in [0.05, 0.1) is 0 Å². The zero-order chi connectivity index (χ0) is 16.8. The zero-order valence-electron chi connectivity index (χ0n) is 14.9. The molecular weight excluding hydrogens is 298 g/mol. The summed E-state index contributed by atoms with van der Waals surface area (Å²) in [5.41, 5.74) is 1.31. The molecule has 0 spiro atoms. The van der Waals surface area contributed by atoms with Gasteiger partial charge < -0.3 is 9.32 Å². The van der Waals surface area contributed by atoms with Crippen molar-refractivity contribution in [2.45, 2.75) is 39.2 Å². The van der Waals surface area contributed by atoms with Gasteiger partial charge in [0.15, 0.2) is 0 Å². The predicted molar refractivity (Wildman–Crippen MR) is 97.0 cm³/mol. The fourth-order valence-corrected chi connectivity index (χ4v) is 3.39. The standard InChI is InChI=1S/C20H29N3O/c1-17(20-7-6-18(2)24-20)8-12-22-10-4-11-23(14-13-22)16-19-5-3-9-21-15-19/h3,5-7,9,15,17H,4,8,10-14,16H2,1-2H3. The molecule has 1 fully saturated rings. The zero-order valence-corrected chi connectivity index (χ0v) is 14.9. The minimum Gasteiger partial charge on any atom is -0.466 e. The number of pyridine rings is 1. The summed E-state index contributed by atoms with van der Waals surface area (Å²) >= 11 is 0. The molecule has 0 amide bonds. The topological polar surface area (TPSA) is 32.5 Å². The highest BCUT2D eigenvalue weighted by Gasteiger charge is 2.17. The van der Waals surface area contributed by atoms with Gasteiger partial charge in [0.1, 0.15) is 11.5 Å². The number of aromatic nitrogens is 1. The van der Waals surface area contributed by atoms with Crippen molar-refractivity contribution in [1.29, 1.82) is 0 Å². The molecule has 0 aliphatic carbocycles. The second-order valence-electron chi connectivity index (χ2n) is 6.97. The Balaban J connectivity index is 1.43. The number of hydrogen-bond donors (Lipinski definition) is 0. The van der Waals surface area contributed by atoms with E-state index < -0.39 is 0 Å². The van der Waals surface area contributed by atoms with Gasteiger partial charge in [-0.25, -0.2) is 0 Å². The molecule has 0 N–H and O–H groups in total. The molecule has 1 atom stereocenters. The molecule has 3 rings (SSSR count). The fourth-order valence-electron chi connectivity index (χ4n) is 3.39. The van der Waals surface area contributed by atoms with E-state index in [0.717, 1.165) is 44.1 Å². The Morgan fingerprint density at radius 2 is 1.96 bits per heavy atom. The Morgan fingerprint density at radius 3 is 2.71 bits per heavy atom. The lowest BCUT2D eigenvalue weighted by Gasteiger charge is -2.22. The SMILES string of the molecule is Cc1ccc(C(C)CCN2CCCN(Cc3cccnc3)CC2)o1. The van der Waals surface area contributed by atoms with E-state index in [2.05, 4.69) is 39.9 Å². The lowest BCUT2D eigenvalue weighted by molar-refractivity contribution is 0.245. The molecule has 130 valence electrons. The van der Waals surface area contributed by atoms with Gasteiger partial charge in [-0.1, -0.05) is 13.0 Å². The normalized spacial score (nSPS) is 18.4. The van der Waals surface area contributed by atoms with Gasteiger partial charge >= 0.3 is 0 Å². The van der Waals surface area contributed by atoms with Gasteiger partial charge in [-0.15, -0.1) is 0 Å². The van der Waals surface area contributed by atoms with E-state index in [1.807, 2.05) is 25.4 Å². The number of nitrogens with zero attached hydrogens (tertiary/aromatic N) is 3. The van der Waals surface area contributed by atoms with Crippen molar-refractivity contribution in [2.24, 2.45) is 0 Å². The Labute approximate surface area is 145 Å². The highest BCUT2D eigenvalue weighted by molar-refractivity contribution is 5.09. The third-order valence-corrected chi connectivity index (χ3v) is 4.94. The van der Waals surface area contributed by atoms with Crippen molar-refractivity contribution in [3.8, 4) is 0 Å². The molecule has 24 heavy (non-hydrogen) atoms. The molecule has 1 aliphatic heterocycles. The average molecular weight is 327 g/mol. The number of rotatable bonds is 6.